The first-order chi connectivity index (χ1) is 9.40. The lowest BCUT2D eigenvalue weighted by Gasteiger charge is -2.54. The molecule has 4 aliphatic rings. The van der Waals surface area contributed by atoms with E-state index in [-0.39, 0.29) is 6.04 Å². The zero-order chi connectivity index (χ0) is 14.3. The van der Waals surface area contributed by atoms with Gasteiger partial charge in [-0.3, -0.25) is 4.79 Å². The zero-order valence-corrected chi connectivity index (χ0v) is 11.3. The van der Waals surface area contributed by atoms with E-state index in [0.29, 0.717) is 11.8 Å². The van der Waals surface area contributed by atoms with E-state index in [4.69, 9.17) is 0 Å². The number of rotatable bonds is 4. The molecule has 4 rings (SSSR count). The van der Waals surface area contributed by atoms with Crippen LogP contribution in [-0.2, 0) is 9.53 Å². The number of carbonyl (C=O) groups excluding carboxylic acids is 1. The summed E-state index contributed by atoms with van der Waals surface area (Å²) in [6.45, 7) is -1.86. The van der Waals surface area contributed by atoms with Crippen LogP contribution < -0.4 is 5.32 Å². The van der Waals surface area contributed by atoms with Crippen molar-refractivity contribution in [1.29, 1.82) is 0 Å². The molecule has 0 aromatic carbocycles. The highest BCUT2D eigenvalue weighted by Gasteiger charge is 2.48. The van der Waals surface area contributed by atoms with Crippen molar-refractivity contribution < 1.29 is 22.7 Å². The zero-order valence-electron chi connectivity index (χ0n) is 11.3. The van der Waals surface area contributed by atoms with E-state index in [2.05, 4.69) is 10.1 Å². The number of hydrogen-bond donors (Lipinski definition) is 1. The first-order valence-electron chi connectivity index (χ1n) is 7.34. The van der Waals surface area contributed by atoms with Gasteiger partial charge in [-0.05, 0) is 55.8 Å². The lowest BCUT2D eigenvalue weighted by atomic mass is 9.54. The van der Waals surface area contributed by atoms with Crippen LogP contribution in [0.15, 0.2) is 0 Å². The van der Waals surface area contributed by atoms with Crippen LogP contribution in [0.4, 0.5) is 13.2 Å². The van der Waals surface area contributed by atoms with Gasteiger partial charge in [-0.1, -0.05) is 0 Å². The summed E-state index contributed by atoms with van der Waals surface area (Å²) in [5, 5.41) is 2.92. The van der Waals surface area contributed by atoms with Crippen molar-refractivity contribution in [3.8, 4) is 0 Å². The first kappa shape index (κ1) is 14.2. The van der Waals surface area contributed by atoms with E-state index >= 15 is 0 Å². The number of halogens is 3. The van der Waals surface area contributed by atoms with Gasteiger partial charge in [0.15, 0.2) is 0 Å². The highest BCUT2D eigenvalue weighted by Crippen LogP contribution is 2.53. The second kappa shape index (κ2) is 5.20. The number of amides is 1. The summed E-state index contributed by atoms with van der Waals surface area (Å²) in [6.07, 6.45) is 1.64. The topological polar surface area (TPSA) is 38.3 Å². The molecule has 0 saturated heterocycles. The molecule has 4 fully saturated rings. The van der Waals surface area contributed by atoms with Crippen molar-refractivity contribution in [2.45, 2.75) is 44.3 Å². The van der Waals surface area contributed by atoms with Gasteiger partial charge in [0.2, 0.25) is 5.91 Å². The molecule has 20 heavy (non-hydrogen) atoms. The maximum atomic E-state index is 11.9. The Balaban J connectivity index is 1.47. The number of ether oxygens (including phenoxy) is 1. The largest absolute Gasteiger partial charge is 0.411 e. The fourth-order valence-electron chi connectivity index (χ4n) is 4.65. The Morgan fingerprint density at radius 3 is 2.10 bits per heavy atom. The summed E-state index contributed by atoms with van der Waals surface area (Å²) in [6, 6.07) is 0.157. The molecule has 0 atom stereocenters. The molecule has 0 spiro atoms. The van der Waals surface area contributed by atoms with Crippen molar-refractivity contribution in [3.63, 3.8) is 0 Å². The molecule has 0 aromatic rings. The minimum atomic E-state index is -4.37. The third-order valence-electron chi connectivity index (χ3n) is 5.05. The van der Waals surface area contributed by atoms with Gasteiger partial charge in [0, 0.05) is 6.04 Å². The highest BCUT2D eigenvalue weighted by atomic mass is 19.4. The van der Waals surface area contributed by atoms with Crippen molar-refractivity contribution in [2.75, 3.05) is 13.2 Å². The van der Waals surface area contributed by atoms with Crippen LogP contribution >= 0.6 is 0 Å². The van der Waals surface area contributed by atoms with Crippen LogP contribution in [0, 0.1) is 23.7 Å². The molecule has 1 amide bonds. The smallest absolute Gasteiger partial charge is 0.362 e. The van der Waals surface area contributed by atoms with Crippen molar-refractivity contribution in [2.24, 2.45) is 23.7 Å². The summed E-state index contributed by atoms with van der Waals surface area (Å²) >= 11 is 0. The van der Waals surface area contributed by atoms with Crippen LogP contribution in [0.3, 0.4) is 0 Å². The molecule has 0 heterocycles. The Morgan fingerprint density at radius 2 is 1.60 bits per heavy atom. The van der Waals surface area contributed by atoms with E-state index in [1.165, 1.54) is 32.1 Å². The SMILES string of the molecule is O=C(COCC(F)(F)F)NC1C2CC3CC(C2)CC1C3. The minimum absolute atomic E-state index is 0.157. The van der Waals surface area contributed by atoms with Gasteiger partial charge in [0.05, 0.1) is 0 Å². The highest BCUT2D eigenvalue weighted by molar-refractivity contribution is 5.77. The number of hydrogen-bond acceptors (Lipinski definition) is 2. The molecule has 4 aliphatic carbocycles. The molecule has 6 heteroatoms. The van der Waals surface area contributed by atoms with Gasteiger partial charge < -0.3 is 10.1 Å². The molecule has 0 aliphatic heterocycles. The maximum absolute atomic E-state index is 11.9. The fourth-order valence-corrected chi connectivity index (χ4v) is 4.65. The quantitative estimate of drug-likeness (QED) is 0.864. The average molecular weight is 291 g/mol. The summed E-state index contributed by atoms with van der Waals surface area (Å²) < 4.78 is 40.2. The monoisotopic (exact) mass is 291 g/mol. The van der Waals surface area contributed by atoms with Crippen LogP contribution in [0.2, 0.25) is 0 Å². The molecule has 114 valence electrons. The van der Waals surface area contributed by atoms with Crippen LogP contribution in [0.1, 0.15) is 32.1 Å². The van der Waals surface area contributed by atoms with E-state index in [9.17, 15) is 18.0 Å². The number of nitrogens with one attached hydrogen (secondary N) is 1. The maximum Gasteiger partial charge on any atom is 0.411 e. The molecule has 3 nitrogen and oxygen atoms in total. The number of alkyl halides is 3. The van der Waals surface area contributed by atoms with E-state index in [1.807, 2.05) is 0 Å². The number of carbonyl (C=O) groups is 1. The van der Waals surface area contributed by atoms with E-state index in [0.717, 1.165) is 11.8 Å². The fraction of sp³-hybridized carbons (Fsp3) is 0.929. The summed E-state index contributed by atoms with van der Waals surface area (Å²) in [4.78, 5) is 11.7. The normalized spacial score (nSPS) is 39.0. The van der Waals surface area contributed by atoms with Gasteiger partial charge in [0.25, 0.3) is 0 Å². The third kappa shape index (κ3) is 3.10. The standard InChI is InChI=1S/C14H20F3NO2/c15-14(16,17)7-20-6-12(19)18-13-10-2-8-1-9(4-10)5-11(13)3-8/h8-11,13H,1-7H2,(H,18,19). The van der Waals surface area contributed by atoms with Crippen LogP contribution in [-0.4, -0.2) is 31.3 Å². The lowest BCUT2D eigenvalue weighted by molar-refractivity contribution is -0.176. The van der Waals surface area contributed by atoms with Crippen molar-refractivity contribution in [1.82, 2.24) is 5.32 Å². The minimum Gasteiger partial charge on any atom is -0.362 e. The molecular weight excluding hydrogens is 271 g/mol. The molecule has 0 unspecified atom stereocenters. The summed E-state index contributed by atoms with van der Waals surface area (Å²) in [5.41, 5.74) is 0. The Morgan fingerprint density at radius 1 is 1.05 bits per heavy atom. The molecule has 0 aromatic heterocycles. The van der Waals surface area contributed by atoms with Crippen molar-refractivity contribution in [3.05, 3.63) is 0 Å². The van der Waals surface area contributed by atoms with Gasteiger partial charge in [-0.15, -0.1) is 0 Å². The van der Waals surface area contributed by atoms with Gasteiger partial charge in [-0.2, -0.15) is 13.2 Å². The van der Waals surface area contributed by atoms with Crippen LogP contribution in [0.25, 0.3) is 0 Å². The summed E-state index contributed by atoms with van der Waals surface area (Å²) in [7, 11) is 0. The third-order valence-corrected chi connectivity index (χ3v) is 5.05. The second-order valence-electron chi connectivity index (χ2n) is 6.63. The molecule has 1 N–H and O–H groups in total. The Kier molecular flexibility index (Phi) is 3.69. The summed E-state index contributed by atoms with van der Waals surface area (Å²) in [5.74, 6) is 2.27. The first-order valence-corrected chi connectivity index (χ1v) is 7.34. The predicted octanol–water partition coefficient (Wildman–Crippen LogP) is 2.51. The average Bonchev–Trinajstić information content (AvgIpc) is 2.31. The Hall–Kier alpha value is -0.780. The molecular formula is C14H20F3NO2. The second-order valence-corrected chi connectivity index (χ2v) is 6.63. The molecule has 4 bridgehead atoms. The molecule has 4 saturated carbocycles. The predicted molar refractivity (Wildman–Crippen MR) is 65.8 cm³/mol. The Bertz CT molecular complexity index is 355. The van der Waals surface area contributed by atoms with Crippen LogP contribution in [0.5, 0.6) is 0 Å². The van der Waals surface area contributed by atoms with E-state index < -0.39 is 25.3 Å². The molecule has 0 radical (unpaired) electrons. The van der Waals surface area contributed by atoms with Gasteiger partial charge in [-0.25, -0.2) is 0 Å². The Labute approximate surface area is 116 Å². The van der Waals surface area contributed by atoms with Gasteiger partial charge >= 0.3 is 6.18 Å². The van der Waals surface area contributed by atoms with Crippen molar-refractivity contribution >= 4 is 5.91 Å². The van der Waals surface area contributed by atoms with Gasteiger partial charge in [0.1, 0.15) is 13.2 Å². The van der Waals surface area contributed by atoms with E-state index in [1.54, 1.807) is 0 Å². The lowest BCUT2D eigenvalue weighted by Crippen LogP contribution is -2.56.